The molecule has 0 amide bonds. The number of ether oxygens (including phenoxy) is 1. The van der Waals surface area contributed by atoms with Crippen molar-refractivity contribution in [3.63, 3.8) is 0 Å². The van der Waals surface area contributed by atoms with Gasteiger partial charge in [0.15, 0.2) is 0 Å². The third-order valence-corrected chi connectivity index (χ3v) is 1.04. The van der Waals surface area contributed by atoms with Gasteiger partial charge in [0.1, 0.15) is 0 Å². The minimum Gasteiger partial charge on any atom is -0.502 e. The van der Waals surface area contributed by atoms with E-state index in [1.165, 1.54) is 6.42 Å². The van der Waals surface area contributed by atoms with Crippen molar-refractivity contribution in [2.75, 3.05) is 6.61 Å². The zero-order valence-electron chi connectivity index (χ0n) is 6.39. The lowest BCUT2D eigenvalue weighted by molar-refractivity contribution is 0.243. The Morgan fingerprint density at radius 1 is 1.33 bits per heavy atom. The molecular formula is C8H16O. The minimum atomic E-state index is 0.868. The first-order valence-electron chi connectivity index (χ1n) is 3.68. The Hall–Kier alpha value is -0.460. The van der Waals surface area contributed by atoms with E-state index in [4.69, 9.17) is 4.74 Å². The maximum Gasteiger partial charge on any atom is 0.0873 e. The quantitative estimate of drug-likeness (QED) is 0.408. The fourth-order valence-electron chi connectivity index (χ4n) is 0.460. The van der Waals surface area contributed by atoms with Crippen LogP contribution in [0.2, 0.25) is 0 Å². The number of hydrogen-bond donors (Lipinski definition) is 0. The van der Waals surface area contributed by atoms with Gasteiger partial charge < -0.3 is 4.74 Å². The van der Waals surface area contributed by atoms with E-state index in [0.29, 0.717) is 0 Å². The van der Waals surface area contributed by atoms with Crippen LogP contribution >= 0.6 is 0 Å². The van der Waals surface area contributed by atoms with Crippen molar-refractivity contribution in [3.8, 4) is 0 Å². The van der Waals surface area contributed by atoms with Gasteiger partial charge in [0.05, 0.1) is 12.9 Å². The molecule has 9 heavy (non-hydrogen) atoms. The second-order valence-electron chi connectivity index (χ2n) is 2.00. The Balaban J connectivity index is 2.82. The monoisotopic (exact) mass is 128 g/mol. The highest BCUT2D eigenvalue weighted by molar-refractivity contribution is 4.70. The summed E-state index contributed by atoms with van der Waals surface area (Å²) in [4.78, 5) is 0. The molecule has 0 radical (unpaired) electrons. The molecule has 0 saturated heterocycles. The van der Waals surface area contributed by atoms with Crippen molar-refractivity contribution in [1.82, 2.24) is 0 Å². The van der Waals surface area contributed by atoms with E-state index in [1.807, 2.05) is 6.08 Å². The first-order valence-corrected chi connectivity index (χ1v) is 3.68. The molecule has 0 saturated carbocycles. The van der Waals surface area contributed by atoms with Gasteiger partial charge in [-0.2, -0.15) is 0 Å². The summed E-state index contributed by atoms with van der Waals surface area (Å²) in [6.45, 7) is 5.12. The van der Waals surface area contributed by atoms with Gasteiger partial charge in [0.2, 0.25) is 0 Å². The maximum atomic E-state index is 5.13. The van der Waals surface area contributed by atoms with E-state index in [1.54, 1.807) is 6.26 Å². The molecule has 0 aliphatic rings. The van der Waals surface area contributed by atoms with E-state index >= 15 is 0 Å². The molecule has 0 bridgehead atoms. The molecule has 0 rings (SSSR count). The standard InChI is InChI=1S/C8H16O/c1-3-5-7-9-8-6-4-2/h5,7H,3-4,6,8H2,1-2H3. The van der Waals surface area contributed by atoms with Crippen LogP contribution in [0, 0.1) is 0 Å². The summed E-state index contributed by atoms with van der Waals surface area (Å²) in [7, 11) is 0. The van der Waals surface area contributed by atoms with Crippen LogP contribution in [0.25, 0.3) is 0 Å². The van der Waals surface area contributed by atoms with Gasteiger partial charge >= 0.3 is 0 Å². The van der Waals surface area contributed by atoms with Crippen LogP contribution in [-0.4, -0.2) is 6.61 Å². The highest BCUT2D eigenvalue weighted by Gasteiger charge is 1.78. The molecule has 0 aliphatic heterocycles. The molecule has 0 spiro atoms. The molecule has 0 unspecified atom stereocenters. The summed E-state index contributed by atoms with van der Waals surface area (Å²) >= 11 is 0. The largest absolute Gasteiger partial charge is 0.502 e. The number of rotatable bonds is 5. The van der Waals surface area contributed by atoms with Crippen molar-refractivity contribution in [1.29, 1.82) is 0 Å². The average molecular weight is 128 g/mol. The van der Waals surface area contributed by atoms with Gasteiger partial charge in [-0.1, -0.05) is 26.3 Å². The van der Waals surface area contributed by atoms with Crippen molar-refractivity contribution in [2.45, 2.75) is 33.1 Å². The highest BCUT2D eigenvalue weighted by atomic mass is 16.5. The van der Waals surface area contributed by atoms with Crippen molar-refractivity contribution in [2.24, 2.45) is 0 Å². The molecule has 0 atom stereocenters. The zero-order valence-corrected chi connectivity index (χ0v) is 6.39. The highest BCUT2D eigenvalue weighted by Crippen LogP contribution is 1.88. The van der Waals surface area contributed by atoms with Crippen LogP contribution in [0.4, 0.5) is 0 Å². The summed E-state index contributed by atoms with van der Waals surface area (Å²) in [5, 5.41) is 0. The number of allylic oxidation sites excluding steroid dienone is 1. The summed E-state index contributed by atoms with van der Waals surface area (Å²) in [5.41, 5.74) is 0. The predicted molar refractivity (Wildman–Crippen MR) is 40.3 cm³/mol. The maximum absolute atomic E-state index is 5.13. The predicted octanol–water partition coefficient (Wildman–Crippen LogP) is 2.73. The molecule has 0 aromatic rings. The summed E-state index contributed by atoms with van der Waals surface area (Å²) in [6.07, 6.45) is 7.24. The van der Waals surface area contributed by atoms with Crippen LogP contribution in [-0.2, 0) is 4.74 Å². The Morgan fingerprint density at radius 3 is 2.67 bits per heavy atom. The van der Waals surface area contributed by atoms with E-state index in [2.05, 4.69) is 13.8 Å². The van der Waals surface area contributed by atoms with Crippen molar-refractivity contribution < 1.29 is 4.74 Å². The Morgan fingerprint density at radius 2 is 2.11 bits per heavy atom. The van der Waals surface area contributed by atoms with E-state index in [9.17, 15) is 0 Å². The van der Waals surface area contributed by atoms with E-state index in [-0.39, 0.29) is 0 Å². The molecular weight excluding hydrogens is 112 g/mol. The second kappa shape index (κ2) is 7.54. The Kier molecular flexibility index (Phi) is 7.15. The minimum absolute atomic E-state index is 0.868. The summed E-state index contributed by atoms with van der Waals surface area (Å²) in [5.74, 6) is 0. The summed E-state index contributed by atoms with van der Waals surface area (Å²) in [6, 6.07) is 0. The molecule has 54 valence electrons. The summed E-state index contributed by atoms with van der Waals surface area (Å²) < 4.78 is 5.13. The average Bonchev–Trinajstić information content (AvgIpc) is 1.89. The molecule has 0 aromatic carbocycles. The second-order valence-corrected chi connectivity index (χ2v) is 2.00. The van der Waals surface area contributed by atoms with Crippen LogP contribution < -0.4 is 0 Å². The van der Waals surface area contributed by atoms with Gasteiger partial charge in [0.25, 0.3) is 0 Å². The lowest BCUT2D eigenvalue weighted by Gasteiger charge is -1.95. The van der Waals surface area contributed by atoms with Gasteiger partial charge in [-0.05, 0) is 12.8 Å². The van der Waals surface area contributed by atoms with Crippen molar-refractivity contribution >= 4 is 0 Å². The Labute approximate surface area is 57.7 Å². The third kappa shape index (κ3) is 7.54. The number of unbranched alkanes of at least 4 members (excludes halogenated alkanes) is 1. The SMILES string of the molecule is CCC=COCCCC. The van der Waals surface area contributed by atoms with Gasteiger partial charge in [0, 0.05) is 0 Å². The third-order valence-electron chi connectivity index (χ3n) is 1.04. The fraction of sp³-hybridized carbons (Fsp3) is 0.750. The van der Waals surface area contributed by atoms with Crippen LogP contribution in [0.15, 0.2) is 12.3 Å². The normalized spacial score (nSPS) is 10.4. The zero-order chi connectivity index (χ0) is 6.95. The molecule has 0 fully saturated rings. The number of hydrogen-bond acceptors (Lipinski definition) is 1. The van der Waals surface area contributed by atoms with E-state index in [0.717, 1.165) is 19.4 Å². The smallest absolute Gasteiger partial charge is 0.0873 e. The van der Waals surface area contributed by atoms with Crippen LogP contribution in [0.5, 0.6) is 0 Å². The van der Waals surface area contributed by atoms with Gasteiger partial charge in [-0.25, -0.2) is 0 Å². The molecule has 0 aromatic heterocycles. The first kappa shape index (κ1) is 8.54. The first-order chi connectivity index (χ1) is 4.41. The fourth-order valence-corrected chi connectivity index (χ4v) is 0.460. The van der Waals surface area contributed by atoms with Gasteiger partial charge in [-0.15, -0.1) is 0 Å². The lowest BCUT2D eigenvalue weighted by atomic mass is 10.4. The van der Waals surface area contributed by atoms with E-state index < -0.39 is 0 Å². The molecule has 0 N–H and O–H groups in total. The Bertz CT molecular complexity index is 67.0. The molecule has 1 nitrogen and oxygen atoms in total. The molecule has 0 heterocycles. The van der Waals surface area contributed by atoms with Gasteiger partial charge in [-0.3, -0.25) is 0 Å². The van der Waals surface area contributed by atoms with Crippen molar-refractivity contribution in [3.05, 3.63) is 12.3 Å². The van der Waals surface area contributed by atoms with Crippen LogP contribution in [0.3, 0.4) is 0 Å². The molecule has 1 heteroatoms. The van der Waals surface area contributed by atoms with Crippen LogP contribution in [0.1, 0.15) is 33.1 Å². The lowest BCUT2D eigenvalue weighted by Crippen LogP contribution is -1.84. The topological polar surface area (TPSA) is 9.23 Å². The molecule has 0 aliphatic carbocycles.